The molecule has 2 N–H and O–H groups in total. The number of alkyl halides is 3. The summed E-state index contributed by atoms with van der Waals surface area (Å²) in [6, 6.07) is 24.3. The fourth-order valence-electron chi connectivity index (χ4n) is 8.89. The fourth-order valence-corrected chi connectivity index (χ4v) is 10.2. The molecule has 2 fully saturated rings. The van der Waals surface area contributed by atoms with Crippen LogP contribution in [-0.4, -0.2) is 82.6 Å². The topological polar surface area (TPSA) is 157 Å². The Balaban J connectivity index is 0.847. The minimum atomic E-state index is -4.80. The number of nitriles is 1. The second kappa shape index (κ2) is 22.0. The molecule has 2 aliphatic heterocycles. The minimum absolute atomic E-state index is 0.0104. The van der Waals surface area contributed by atoms with E-state index in [0.717, 1.165) is 55.4 Å². The van der Waals surface area contributed by atoms with Gasteiger partial charge in [0.15, 0.2) is 5.11 Å². The molecule has 2 atom stereocenters. The quantitative estimate of drug-likeness (QED) is 0.0679. The highest BCUT2D eigenvalue weighted by molar-refractivity contribution is 7.81. The van der Waals surface area contributed by atoms with E-state index in [1.165, 1.54) is 6.07 Å². The molecule has 378 valence electrons. The molecule has 4 aromatic carbocycles. The number of aromatic nitrogens is 1. The van der Waals surface area contributed by atoms with Crippen LogP contribution in [0, 0.1) is 30.6 Å². The van der Waals surface area contributed by atoms with Crippen molar-refractivity contribution in [1.82, 2.24) is 20.5 Å². The van der Waals surface area contributed by atoms with Crippen molar-refractivity contribution in [2.45, 2.75) is 104 Å². The van der Waals surface area contributed by atoms with Gasteiger partial charge in [-0.05, 0) is 141 Å². The van der Waals surface area contributed by atoms with Gasteiger partial charge < -0.3 is 29.9 Å². The standard InChI is InChI=1S/C54H58F3N7O6S2/c1-33-27-38(36-16-20-40(21-17-36)64-51(71)63(50(68)53(64,6)7)41-22-18-39(29-58)42(28-41)54(55,56)57)19-23-44(33)70-26-9-8-25-69-31-45(65)61-47(52(3,4)5)49(67)62-24-10-11-43(62)48(66)59-30-35-12-14-37(15-13-35)46-34(2)60-32-72-46/h12-23,27-28,32,43,47H,8-11,24-26,30-31H2,1-7H3,(H,59,66)(H,61,65)/t43-,47?/m0/s1. The Morgan fingerprint density at radius 1 is 0.931 bits per heavy atom. The van der Waals surface area contributed by atoms with Gasteiger partial charge in [0.1, 0.15) is 30.0 Å². The molecule has 13 nitrogen and oxygen atoms in total. The smallest absolute Gasteiger partial charge is 0.417 e. The van der Waals surface area contributed by atoms with Gasteiger partial charge in [-0.15, -0.1) is 11.3 Å². The molecule has 0 spiro atoms. The van der Waals surface area contributed by atoms with Crippen LogP contribution in [0.1, 0.15) is 88.2 Å². The van der Waals surface area contributed by atoms with E-state index in [0.29, 0.717) is 63.4 Å². The van der Waals surface area contributed by atoms with E-state index in [1.54, 1.807) is 53.2 Å². The Morgan fingerprint density at radius 3 is 2.24 bits per heavy atom. The number of hydrogen-bond acceptors (Lipinski definition) is 10. The lowest BCUT2D eigenvalue weighted by Gasteiger charge is -2.35. The average Bonchev–Trinajstić information content (AvgIpc) is 4.05. The Hall–Kier alpha value is -6.68. The summed E-state index contributed by atoms with van der Waals surface area (Å²) in [7, 11) is 0. The average molecular weight is 1020 g/mol. The number of likely N-dealkylation sites (tertiary alicyclic amines) is 1. The number of hydrogen-bond donors (Lipinski definition) is 2. The summed E-state index contributed by atoms with van der Waals surface area (Å²) in [6.45, 7) is 14.1. The number of benzene rings is 4. The molecular weight excluding hydrogens is 964 g/mol. The molecule has 0 saturated carbocycles. The second-order valence-electron chi connectivity index (χ2n) is 19.5. The lowest BCUT2D eigenvalue weighted by molar-refractivity contribution is -0.144. The number of ether oxygens (including phenoxy) is 2. The fraction of sp³-hybridized carbons (Fsp3) is 0.389. The highest BCUT2D eigenvalue weighted by atomic mass is 32.1. The van der Waals surface area contributed by atoms with E-state index in [1.807, 2.05) is 94.7 Å². The van der Waals surface area contributed by atoms with Gasteiger partial charge in [-0.2, -0.15) is 18.4 Å². The Kier molecular flexibility index (Phi) is 16.2. The lowest BCUT2D eigenvalue weighted by Crippen LogP contribution is -2.58. The van der Waals surface area contributed by atoms with Crippen molar-refractivity contribution in [1.29, 1.82) is 5.26 Å². The number of amides is 4. The van der Waals surface area contributed by atoms with E-state index in [-0.39, 0.29) is 29.2 Å². The zero-order valence-electron chi connectivity index (χ0n) is 41.3. The summed E-state index contributed by atoms with van der Waals surface area (Å²) in [5.74, 6) is -0.744. The van der Waals surface area contributed by atoms with Crippen molar-refractivity contribution in [2.24, 2.45) is 5.41 Å². The molecule has 2 saturated heterocycles. The summed E-state index contributed by atoms with van der Waals surface area (Å²) < 4.78 is 53.1. The van der Waals surface area contributed by atoms with Crippen LogP contribution in [0.2, 0.25) is 0 Å². The zero-order valence-corrected chi connectivity index (χ0v) is 42.9. The summed E-state index contributed by atoms with van der Waals surface area (Å²) in [5.41, 5.74) is 4.44. The molecule has 7 rings (SSSR count). The molecule has 5 aromatic rings. The van der Waals surface area contributed by atoms with Crippen molar-refractivity contribution in [2.75, 3.05) is 36.2 Å². The van der Waals surface area contributed by atoms with Crippen molar-refractivity contribution in [3.63, 3.8) is 0 Å². The van der Waals surface area contributed by atoms with E-state index < -0.39 is 52.2 Å². The third-order valence-corrected chi connectivity index (χ3v) is 14.2. The first-order valence-electron chi connectivity index (χ1n) is 23.7. The number of rotatable bonds is 17. The normalized spacial score (nSPS) is 16.2. The molecule has 2 aliphatic rings. The molecule has 1 unspecified atom stereocenters. The van der Waals surface area contributed by atoms with Crippen LogP contribution in [0.5, 0.6) is 5.75 Å². The van der Waals surface area contributed by atoms with Crippen LogP contribution in [0.4, 0.5) is 24.5 Å². The summed E-state index contributed by atoms with van der Waals surface area (Å²) >= 11 is 7.27. The maximum absolute atomic E-state index is 14.0. The molecule has 0 radical (unpaired) electrons. The maximum atomic E-state index is 14.0. The zero-order chi connectivity index (χ0) is 52.1. The van der Waals surface area contributed by atoms with Gasteiger partial charge in [0.2, 0.25) is 17.7 Å². The first kappa shape index (κ1) is 53.1. The van der Waals surface area contributed by atoms with Crippen LogP contribution in [0.25, 0.3) is 21.6 Å². The summed E-state index contributed by atoms with van der Waals surface area (Å²) in [4.78, 5) is 63.9. The highest BCUT2D eigenvalue weighted by Gasteiger charge is 2.51. The van der Waals surface area contributed by atoms with Crippen LogP contribution in [0.15, 0.2) is 90.4 Å². The van der Waals surface area contributed by atoms with Gasteiger partial charge in [0.05, 0.1) is 45.6 Å². The Labute approximate surface area is 427 Å². The van der Waals surface area contributed by atoms with Gasteiger partial charge >= 0.3 is 6.18 Å². The molecule has 0 bridgehead atoms. The van der Waals surface area contributed by atoms with Crippen molar-refractivity contribution in [3.8, 4) is 33.4 Å². The maximum Gasteiger partial charge on any atom is 0.417 e. The highest BCUT2D eigenvalue weighted by Crippen LogP contribution is 2.40. The molecule has 1 aromatic heterocycles. The number of thiocarbonyl (C=S) groups is 1. The van der Waals surface area contributed by atoms with E-state index in [2.05, 4.69) is 15.6 Å². The third kappa shape index (κ3) is 11.8. The molecule has 4 amide bonds. The molecule has 3 heterocycles. The summed E-state index contributed by atoms with van der Waals surface area (Å²) in [5, 5.41) is 15.1. The largest absolute Gasteiger partial charge is 0.493 e. The number of carbonyl (C=O) groups excluding carboxylic acids is 4. The van der Waals surface area contributed by atoms with E-state index in [4.69, 9.17) is 21.7 Å². The van der Waals surface area contributed by atoms with Crippen molar-refractivity contribution >= 4 is 63.7 Å². The summed E-state index contributed by atoms with van der Waals surface area (Å²) in [6.07, 6.45) is -2.30. The second-order valence-corrected chi connectivity index (χ2v) is 20.8. The molecule has 18 heteroatoms. The van der Waals surface area contributed by atoms with E-state index in [9.17, 15) is 37.6 Å². The van der Waals surface area contributed by atoms with Crippen LogP contribution in [-0.2, 0) is 36.6 Å². The minimum Gasteiger partial charge on any atom is -0.493 e. The van der Waals surface area contributed by atoms with Gasteiger partial charge in [-0.25, -0.2) is 4.98 Å². The number of unbranched alkanes of at least 4 members (excludes halogenated alkanes) is 1. The molecule has 0 aliphatic carbocycles. The van der Waals surface area contributed by atoms with Gasteiger partial charge in [-0.1, -0.05) is 63.2 Å². The van der Waals surface area contributed by atoms with Crippen molar-refractivity contribution < 1.29 is 41.8 Å². The third-order valence-electron chi connectivity index (χ3n) is 12.8. The van der Waals surface area contributed by atoms with Gasteiger partial charge in [0.25, 0.3) is 5.91 Å². The first-order valence-corrected chi connectivity index (χ1v) is 25.0. The van der Waals surface area contributed by atoms with Gasteiger partial charge in [0, 0.05) is 25.4 Å². The number of halogens is 3. The Morgan fingerprint density at radius 2 is 1.60 bits per heavy atom. The first-order chi connectivity index (χ1) is 34.1. The van der Waals surface area contributed by atoms with Crippen LogP contribution < -0.4 is 25.2 Å². The lowest BCUT2D eigenvalue weighted by atomic mass is 9.85. The number of thiazole rings is 1. The van der Waals surface area contributed by atoms with E-state index >= 15 is 0 Å². The molecule has 72 heavy (non-hydrogen) atoms. The number of carbonyl (C=O) groups is 4. The number of aryl methyl sites for hydroxylation is 2. The van der Waals surface area contributed by atoms with Gasteiger partial charge in [-0.3, -0.25) is 24.1 Å². The number of anilines is 2. The number of nitrogens with one attached hydrogen (secondary N) is 2. The van der Waals surface area contributed by atoms with Crippen LogP contribution in [0.3, 0.4) is 0 Å². The SMILES string of the molecule is Cc1cc(-c2ccc(N3C(=S)N(c4ccc(C#N)c(C(F)(F)F)c4)C(=O)C3(C)C)cc2)ccc1OCCCCOCC(=O)NC(C(=O)N1CCC[C@H]1C(=O)NCc1ccc(-c2scnc2C)cc1)C(C)(C)C. The predicted molar refractivity (Wildman–Crippen MR) is 275 cm³/mol. The molecular formula is C54H58F3N7O6S2. The van der Waals surface area contributed by atoms with Crippen molar-refractivity contribution in [3.05, 3.63) is 118 Å². The predicted octanol–water partition coefficient (Wildman–Crippen LogP) is 9.92. The monoisotopic (exact) mass is 1020 g/mol. The Bertz CT molecular complexity index is 2870. The number of nitrogens with zero attached hydrogens (tertiary/aromatic N) is 5. The van der Waals surface area contributed by atoms with Crippen LogP contribution >= 0.6 is 23.6 Å².